The quantitative estimate of drug-likeness (QED) is 0.605. The SMILES string of the molecule is CCC(=O)N1CCC(NC(=NC)NC2CC(C)(OC)C2(C)C)C1. The van der Waals surface area contributed by atoms with Gasteiger partial charge in [-0.05, 0) is 19.8 Å². The van der Waals surface area contributed by atoms with Gasteiger partial charge in [0.1, 0.15) is 0 Å². The highest BCUT2D eigenvalue weighted by atomic mass is 16.5. The van der Waals surface area contributed by atoms with E-state index < -0.39 is 0 Å². The zero-order valence-corrected chi connectivity index (χ0v) is 15.4. The van der Waals surface area contributed by atoms with Crippen LogP contribution < -0.4 is 10.6 Å². The Kier molecular flexibility index (Phi) is 5.23. The molecule has 2 N–H and O–H groups in total. The van der Waals surface area contributed by atoms with Gasteiger partial charge in [0.15, 0.2) is 5.96 Å². The van der Waals surface area contributed by atoms with Crippen molar-refractivity contribution < 1.29 is 9.53 Å². The second kappa shape index (κ2) is 6.67. The third-order valence-corrected chi connectivity index (χ3v) is 6.00. The fourth-order valence-electron chi connectivity index (χ4n) is 3.58. The van der Waals surface area contributed by atoms with Gasteiger partial charge in [0.2, 0.25) is 5.91 Å². The van der Waals surface area contributed by atoms with Crippen molar-refractivity contribution in [1.29, 1.82) is 0 Å². The summed E-state index contributed by atoms with van der Waals surface area (Å²) in [6.07, 6.45) is 2.50. The van der Waals surface area contributed by atoms with E-state index in [9.17, 15) is 4.79 Å². The van der Waals surface area contributed by atoms with Crippen LogP contribution in [0.4, 0.5) is 0 Å². The van der Waals surface area contributed by atoms with Gasteiger partial charge in [-0.3, -0.25) is 9.79 Å². The summed E-state index contributed by atoms with van der Waals surface area (Å²) >= 11 is 0. The van der Waals surface area contributed by atoms with E-state index >= 15 is 0 Å². The van der Waals surface area contributed by atoms with Gasteiger partial charge < -0.3 is 20.3 Å². The first kappa shape index (κ1) is 18.0. The van der Waals surface area contributed by atoms with E-state index in [1.807, 2.05) is 11.8 Å². The number of amides is 1. The molecule has 132 valence electrons. The third-order valence-electron chi connectivity index (χ3n) is 6.00. The molecule has 0 aromatic carbocycles. The summed E-state index contributed by atoms with van der Waals surface area (Å²) in [4.78, 5) is 18.1. The van der Waals surface area contributed by atoms with Gasteiger partial charge in [0.25, 0.3) is 0 Å². The first-order valence-electron chi connectivity index (χ1n) is 8.60. The molecule has 6 nitrogen and oxygen atoms in total. The molecule has 3 unspecified atom stereocenters. The smallest absolute Gasteiger partial charge is 0.222 e. The van der Waals surface area contributed by atoms with Crippen LogP contribution in [-0.2, 0) is 9.53 Å². The van der Waals surface area contributed by atoms with Gasteiger partial charge >= 0.3 is 0 Å². The van der Waals surface area contributed by atoms with E-state index in [2.05, 4.69) is 36.4 Å². The van der Waals surface area contributed by atoms with Crippen molar-refractivity contribution in [2.24, 2.45) is 10.4 Å². The maximum absolute atomic E-state index is 11.8. The van der Waals surface area contributed by atoms with Crippen LogP contribution in [0.2, 0.25) is 0 Å². The van der Waals surface area contributed by atoms with Gasteiger partial charge in [-0.25, -0.2) is 0 Å². The van der Waals surface area contributed by atoms with Crippen LogP contribution in [0.3, 0.4) is 0 Å². The maximum atomic E-state index is 11.8. The molecule has 1 amide bonds. The lowest BCUT2D eigenvalue weighted by Gasteiger charge is -2.59. The van der Waals surface area contributed by atoms with E-state index in [1.165, 1.54) is 0 Å². The molecule has 1 saturated carbocycles. The zero-order valence-electron chi connectivity index (χ0n) is 15.4. The second-order valence-corrected chi connectivity index (χ2v) is 7.45. The Morgan fingerprint density at radius 1 is 1.35 bits per heavy atom. The standard InChI is InChI=1S/C17H32N4O2/c1-7-14(22)21-9-8-12(11-21)19-15(18-5)20-13-10-17(4,23-6)16(13,2)3/h12-13H,7-11H2,1-6H3,(H2,18,19,20). The number of carbonyl (C=O) groups excluding carboxylic acids is 1. The van der Waals surface area contributed by atoms with Crippen LogP contribution in [0.1, 0.15) is 47.0 Å². The van der Waals surface area contributed by atoms with Crippen LogP contribution in [0, 0.1) is 5.41 Å². The maximum Gasteiger partial charge on any atom is 0.222 e. The number of nitrogens with zero attached hydrogens (tertiary/aromatic N) is 2. The van der Waals surface area contributed by atoms with E-state index in [-0.39, 0.29) is 23.0 Å². The lowest BCUT2D eigenvalue weighted by molar-refractivity contribution is -0.176. The zero-order chi connectivity index (χ0) is 17.3. The van der Waals surface area contributed by atoms with Crippen LogP contribution in [0.25, 0.3) is 0 Å². The van der Waals surface area contributed by atoms with Gasteiger partial charge in [-0.2, -0.15) is 0 Å². The lowest BCUT2D eigenvalue weighted by Crippen LogP contribution is -2.69. The molecule has 2 aliphatic rings. The summed E-state index contributed by atoms with van der Waals surface area (Å²) in [6, 6.07) is 0.599. The number of carbonyl (C=O) groups is 1. The summed E-state index contributed by atoms with van der Waals surface area (Å²) in [5.74, 6) is 1.05. The fourth-order valence-corrected chi connectivity index (χ4v) is 3.58. The molecule has 1 aliphatic heterocycles. The van der Waals surface area contributed by atoms with Crippen molar-refractivity contribution in [2.75, 3.05) is 27.2 Å². The highest BCUT2D eigenvalue weighted by Crippen LogP contribution is 2.51. The number of aliphatic imine (C=N–C) groups is 1. The van der Waals surface area contributed by atoms with Crippen LogP contribution >= 0.6 is 0 Å². The predicted octanol–water partition coefficient (Wildman–Crippen LogP) is 1.37. The molecule has 0 aromatic rings. The molecule has 0 radical (unpaired) electrons. The molecular weight excluding hydrogens is 292 g/mol. The second-order valence-electron chi connectivity index (χ2n) is 7.45. The van der Waals surface area contributed by atoms with Gasteiger partial charge in [-0.1, -0.05) is 20.8 Å². The van der Waals surface area contributed by atoms with Gasteiger partial charge in [0, 0.05) is 51.2 Å². The van der Waals surface area contributed by atoms with Gasteiger partial charge in [-0.15, -0.1) is 0 Å². The average molecular weight is 324 g/mol. The number of nitrogens with one attached hydrogen (secondary N) is 2. The number of methoxy groups -OCH3 is 1. The van der Waals surface area contributed by atoms with E-state index in [4.69, 9.17) is 4.74 Å². The Morgan fingerprint density at radius 2 is 2.04 bits per heavy atom. The molecule has 0 spiro atoms. The van der Waals surface area contributed by atoms with E-state index in [0.29, 0.717) is 12.5 Å². The van der Waals surface area contributed by atoms with E-state index in [1.54, 1.807) is 14.2 Å². The largest absolute Gasteiger partial charge is 0.378 e. The van der Waals surface area contributed by atoms with Crippen molar-refractivity contribution in [2.45, 2.75) is 64.6 Å². The monoisotopic (exact) mass is 324 g/mol. The molecule has 3 atom stereocenters. The first-order valence-corrected chi connectivity index (χ1v) is 8.60. The van der Waals surface area contributed by atoms with E-state index in [0.717, 1.165) is 31.9 Å². The normalized spacial score (nSPS) is 33.3. The Labute approximate surface area is 140 Å². The molecule has 0 bridgehead atoms. The molecule has 2 rings (SSSR count). The summed E-state index contributed by atoms with van der Waals surface area (Å²) < 4.78 is 5.68. The summed E-state index contributed by atoms with van der Waals surface area (Å²) in [7, 11) is 3.57. The number of hydrogen-bond acceptors (Lipinski definition) is 3. The third kappa shape index (κ3) is 3.32. The van der Waals surface area contributed by atoms with Crippen LogP contribution in [0.15, 0.2) is 4.99 Å². The minimum atomic E-state index is -0.0960. The molecule has 1 heterocycles. The minimum absolute atomic E-state index is 0.0409. The number of hydrogen-bond donors (Lipinski definition) is 2. The minimum Gasteiger partial charge on any atom is -0.378 e. The van der Waals surface area contributed by atoms with Crippen molar-refractivity contribution in [3.8, 4) is 0 Å². The number of ether oxygens (including phenoxy) is 1. The lowest BCUT2D eigenvalue weighted by atomic mass is 9.56. The molecule has 2 fully saturated rings. The molecule has 23 heavy (non-hydrogen) atoms. The van der Waals surface area contributed by atoms with Crippen molar-refractivity contribution in [3.05, 3.63) is 0 Å². The topological polar surface area (TPSA) is 66.0 Å². The van der Waals surface area contributed by atoms with Gasteiger partial charge in [0.05, 0.1) is 5.60 Å². The Hall–Kier alpha value is -1.30. The summed E-state index contributed by atoms with van der Waals surface area (Å²) in [5.41, 5.74) is -0.0551. The average Bonchev–Trinajstić information content (AvgIpc) is 3.00. The number of likely N-dealkylation sites (tertiary alicyclic amines) is 1. The molecule has 1 saturated heterocycles. The highest BCUT2D eigenvalue weighted by Gasteiger charge is 2.58. The van der Waals surface area contributed by atoms with Crippen LogP contribution in [0.5, 0.6) is 0 Å². The first-order chi connectivity index (χ1) is 10.8. The predicted molar refractivity (Wildman–Crippen MR) is 92.5 cm³/mol. The Bertz CT molecular complexity index is 477. The van der Waals surface area contributed by atoms with Crippen molar-refractivity contribution in [1.82, 2.24) is 15.5 Å². The highest BCUT2D eigenvalue weighted by molar-refractivity contribution is 5.81. The molecule has 6 heteroatoms. The van der Waals surface area contributed by atoms with Crippen LogP contribution in [-0.4, -0.2) is 61.7 Å². The summed E-state index contributed by atoms with van der Waals surface area (Å²) in [6.45, 7) is 10.1. The molecular formula is C17H32N4O2. The Morgan fingerprint density at radius 3 is 2.57 bits per heavy atom. The molecule has 0 aromatic heterocycles. The fraction of sp³-hybridized carbons (Fsp3) is 0.882. The summed E-state index contributed by atoms with van der Waals surface area (Å²) in [5, 5.41) is 6.98. The van der Waals surface area contributed by atoms with Crippen molar-refractivity contribution >= 4 is 11.9 Å². The molecule has 1 aliphatic carbocycles. The van der Waals surface area contributed by atoms with Crippen molar-refractivity contribution in [3.63, 3.8) is 0 Å². The number of guanidine groups is 1. The Balaban J connectivity index is 1.87. The number of rotatable bonds is 4.